The molecule has 1 fully saturated rings. The van der Waals surface area contributed by atoms with Crippen LogP contribution in [-0.2, 0) is 16.0 Å². The lowest BCUT2D eigenvalue weighted by molar-refractivity contribution is -0.120. The molecular formula is C36H40N6O5. The summed E-state index contributed by atoms with van der Waals surface area (Å²) in [7, 11) is 1.43. The van der Waals surface area contributed by atoms with Crippen molar-refractivity contribution in [3.8, 4) is 0 Å². The second-order valence-corrected chi connectivity index (χ2v) is 11.4. The van der Waals surface area contributed by atoms with Gasteiger partial charge in [-0.25, -0.2) is 14.6 Å². The molecule has 1 saturated heterocycles. The number of urea groups is 1. The van der Waals surface area contributed by atoms with Crippen molar-refractivity contribution in [3.63, 3.8) is 0 Å². The number of carboxylic acid groups (broad SMARTS) is 1. The fraction of sp³-hybridized carbons (Fsp3) is 0.278. The molecule has 4 aromatic rings. The van der Waals surface area contributed by atoms with Crippen molar-refractivity contribution in [2.24, 2.45) is 0 Å². The zero-order chi connectivity index (χ0) is 33.0. The minimum absolute atomic E-state index is 0.0300. The molecule has 0 bridgehead atoms. The predicted octanol–water partition coefficient (Wildman–Crippen LogP) is 4.94. The Bertz CT molecular complexity index is 1560. The number of morpholine rings is 1. The number of carbonyl (C=O) groups excluding carboxylic acids is 2. The smallest absolute Gasteiger partial charge is 0.407 e. The fourth-order valence-electron chi connectivity index (χ4n) is 5.73. The first-order chi connectivity index (χ1) is 22.9. The maximum atomic E-state index is 14.1. The van der Waals surface area contributed by atoms with E-state index in [-0.39, 0.29) is 18.2 Å². The second kappa shape index (κ2) is 16.3. The Morgan fingerprint density at radius 3 is 2.19 bits per heavy atom. The lowest BCUT2D eigenvalue weighted by Crippen LogP contribution is -2.52. The van der Waals surface area contributed by atoms with Crippen molar-refractivity contribution in [2.75, 3.05) is 37.4 Å². The van der Waals surface area contributed by atoms with E-state index < -0.39 is 24.0 Å². The highest BCUT2D eigenvalue weighted by atomic mass is 16.5. The number of rotatable bonds is 12. The Hall–Kier alpha value is -5.26. The molecule has 3 atom stereocenters. The molecule has 0 radical (unpaired) electrons. The van der Waals surface area contributed by atoms with Crippen LogP contribution in [-0.4, -0.2) is 78.0 Å². The van der Waals surface area contributed by atoms with Crippen molar-refractivity contribution in [1.82, 2.24) is 20.5 Å². The fourth-order valence-corrected chi connectivity index (χ4v) is 5.73. The number of benzene rings is 3. The standard InChI is InChI=1S/C36H40N6O5/c1-42(36(45)46)33(32(26-13-4-2-5-14-26)27-15-6-3-7-16-27)34(43)40-30-17-9-8-12-25(30)19-20-29-23-38-28(24-47-29)22-39-35(44)41-31-18-10-11-21-37-31/h2-18,21,28-29,32-33,38H,19-20,22-24H2,1H3,(H,40,43)(H,45,46)(H2,37,39,41,44)/t28-,29-,33+/m1/s1. The van der Waals surface area contributed by atoms with Gasteiger partial charge in [-0.15, -0.1) is 0 Å². The van der Waals surface area contributed by atoms with Crippen molar-refractivity contribution in [1.29, 1.82) is 0 Å². The Morgan fingerprint density at radius 1 is 0.915 bits per heavy atom. The van der Waals surface area contributed by atoms with Gasteiger partial charge in [0.15, 0.2) is 0 Å². The summed E-state index contributed by atoms with van der Waals surface area (Å²) >= 11 is 0. The van der Waals surface area contributed by atoms with E-state index in [0.717, 1.165) is 21.6 Å². The molecule has 0 spiro atoms. The van der Waals surface area contributed by atoms with Crippen molar-refractivity contribution >= 4 is 29.5 Å². The molecule has 0 saturated carbocycles. The quantitative estimate of drug-likeness (QED) is 0.148. The minimum Gasteiger partial charge on any atom is -0.465 e. The van der Waals surface area contributed by atoms with E-state index in [0.29, 0.717) is 44.0 Å². The van der Waals surface area contributed by atoms with Crippen molar-refractivity contribution in [3.05, 3.63) is 126 Å². The summed E-state index contributed by atoms with van der Waals surface area (Å²) < 4.78 is 6.10. The predicted molar refractivity (Wildman–Crippen MR) is 180 cm³/mol. The number of amides is 4. The van der Waals surface area contributed by atoms with Crippen LogP contribution in [0, 0.1) is 0 Å². The monoisotopic (exact) mass is 636 g/mol. The Balaban J connectivity index is 1.20. The summed E-state index contributed by atoms with van der Waals surface area (Å²) in [5, 5.41) is 22.1. The van der Waals surface area contributed by atoms with Crippen LogP contribution < -0.4 is 21.3 Å². The summed E-state index contributed by atoms with van der Waals surface area (Å²) in [6, 6.07) is 30.4. The Labute approximate surface area is 274 Å². The van der Waals surface area contributed by atoms with Crippen LogP contribution in [0.5, 0.6) is 0 Å². The first-order valence-electron chi connectivity index (χ1n) is 15.6. The van der Waals surface area contributed by atoms with E-state index in [1.54, 1.807) is 24.4 Å². The number of aryl methyl sites for hydroxylation is 1. The third kappa shape index (κ3) is 9.15. The van der Waals surface area contributed by atoms with E-state index in [2.05, 4.69) is 26.3 Å². The molecule has 244 valence electrons. The van der Waals surface area contributed by atoms with E-state index in [1.807, 2.05) is 84.9 Å². The lowest BCUT2D eigenvalue weighted by atomic mass is 9.84. The number of aromatic nitrogens is 1. The molecule has 11 heteroatoms. The number of likely N-dealkylation sites (N-methyl/N-ethyl adjacent to an activating group) is 1. The maximum Gasteiger partial charge on any atom is 0.407 e. The van der Waals surface area contributed by atoms with Crippen LogP contribution in [0.25, 0.3) is 0 Å². The highest BCUT2D eigenvalue weighted by Crippen LogP contribution is 2.32. The molecule has 2 heterocycles. The average molecular weight is 637 g/mol. The van der Waals surface area contributed by atoms with Gasteiger partial charge in [0.25, 0.3) is 0 Å². The number of ether oxygens (including phenoxy) is 1. The molecule has 3 aromatic carbocycles. The van der Waals surface area contributed by atoms with Gasteiger partial charge in [-0.2, -0.15) is 0 Å². The molecule has 1 aliphatic rings. The number of hydrogen-bond donors (Lipinski definition) is 5. The van der Waals surface area contributed by atoms with Gasteiger partial charge in [-0.1, -0.05) is 84.9 Å². The van der Waals surface area contributed by atoms with E-state index in [9.17, 15) is 19.5 Å². The highest BCUT2D eigenvalue weighted by Gasteiger charge is 2.37. The number of pyridine rings is 1. The van der Waals surface area contributed by atoms with E-state index in [1.165, 1.54) is 7.05 Å². The van der Waals surface area contributed by atoms with Crippen molar-refractivity contribution < 1.29 is 24.2 Å². The molecule has 11 nitrogen and oxygen atoms in total. The van der Waals surface area contributed by atoms with Gasteiger partial charge in [0, 0.05) is 44.0 Å². The SMILES string of the molecule is CN(C(=O)O)[C@H](C(=O)Nc1ccccc1CC[C@@H]1CN[C@H](CNC(=O)Nc2ccccn2)CO1)C(c1ccccc1)c1ccccc1. The van der Waals surface area contributed by atoms with Gasteiger partial charge >= 0.3 is 12.1 Å². The summed E-state index contributed by atoms with van der Waals surface area (Å²) in [6.07, 6.45) is 1.71. The van der Waals surface area contributed by atoms with Crippen LogP contribution >= 0.6 is 0 Å². The molecule has 5 N–H and O–H groups in total. The Morgan fingerprint density at radius 2 is 1.57 bits per heavy atom. The molecular weight excluding hydrogens is 596 g/mol. The van der Waals surface area contributed by atoms with Crippen LogP contribution in [0.2, 0.25) is 0 Å². The van der Waals surface area contributed by atoms with E-state index >= 15 is 0 Å². The number of carbonyl (C=O) groups is 3. The second-order valence-electron chi connectivity index (χ2n) is 11.4. The minimum atomic E-state index is -1.19. The lowest BCUT2D eigenvalue weighted by Gasteiger charge is -2.33. The van der Waals surface area contributed by atoms with Gasteiger partial charge in [-0.05, 0) is 47.7 Å². The molecule has 0 aliphatic carbocycles. The molecule has 5 rings (SSSR count). The van der Waals surface area contributed by atoms with Crippen LogP contribution in [0.15, 0.2) is 109 Å². The number of para-hydroxylation sites is 1. The first-order valence-corrected chi connectivity index (χ1v) is 15.6. The van der Waals surface area contributed by atoms with Crippen LogP contribution in [0.3, 0.4) is 0 Å². The summed E-state index contributed by atoms with van der Waals surface area (Å²) in [5.41, 5.74) is 3.23. The molecule has 4 amide bonds. The number of nitrogens with one attached hydrogen (secondary N) is 4. The third-order valence-electron chi connectivity index (χ3n) is 8.21. The van der Waals surface area contributed by atoms with Gasteiger partial charge < -0.3 is 25.8 Å². The molecule has 47 heavy (non-hydrogen) atoms. The largest absolute Gasteiger partial charge is 0.465 e. The number of nitrogens with zero attached hydrogens (tertiary/aromatic N) is 2. The van der Waals surface area contributed by atoms with E-state index in [4.69, 9.17) is 4.74 Å². The molecule has 1 aromatic heterocycles. The van der Waals surface area contributed by atoms with Gasteiger partial charge in [0.2, 0.25) is 5.91 Å². The maximum absolute atomic E-state index is 14.1. The normalized spacial score (nSPS) is 16.6. The highest BCUT2D eigenvalue weighted by molar-refractivity contribution is 5.98. The van der Waals surface area contributed by atoms with Crippen LogP contribution in [0.1, 0.15) is 29.0 Å². The third-order valence-corrected chi connectivity index (χ3v) is 8.21. The van der Waals surface area contributed by atoms with Crippen LogP contribution in [0.4, 0.5) is 21.1 Å². The molecule has 1 aliphatic heterocycles. The van der Waals surface area contributed by atoms with Gasteiger partial charge in [0.1, 0.15) is 11.9 Å². The summed E-state index contributed by atoms with van der Waals surface area (Å²) in [4.78, 5) is 43.7. The van der Waals surface area contributed by atoms with Crippen molar-refractivity contribution in [2.45, 2.75) is 36.9 Å². The van der Waals surface area contributed by atoms with Gasteiger partial charge in [-0.3, -0.25) is 15.0 Å². The zero-order valence-electron chi connectivity index (χ0n) is 26.2. The first kappa shape index (κ1) is 33.1. The molecule has 0 unspecified atom stereocenters. The van der Waals surface area contributed by atoms with Gasteiger partial charge in [0.05, 0.1) is 12.7 Å². The Kier molecular flexibility index (Phi) is 11.5. The average Bonchev–Trinajstić information content (AvgIpc) is 3.10. The summed E-state index contributed by atoms with van der Waals surface area (Å²) in [5.74, 6) is -0.472. The number of anilines is 2. The topological polar surface area (TPSA) is 145 Å². The number of hydrogen-bond acceptors (Lipinski definition) is 6. The zero-order valence-corrected chi connectivity index (χ0v) is 26.2. The summed E-state index contributed by atoms with van der Waals surface area (Å²) in [6.45, 7) is 1.46.